The molecule has 0 aromatic carbocycles. The Hall–Kier alpha value is -1.22. The third-order valence-electron chi connectivity index (χ3n) is 5.67. The molecule has 3 saturated heterocycles. The van der Waals surface area contributed by atoms with Crippen LogP contribution < -0.4 is 11.1 Å². The SMILES string of the molecule is NC(=O)CO[C@H]1CCOC[C@H]1NC(=O)C1CCN(C2CCOCC2)CC1. The van der Waals surface area contributed by atoms with Crippen molar-refractivity contribution in [3.05, 3.63) is 0 Å². The highest BCUT2D eigenvalue weighted by Gasteiger charge is 2.33. The van der Waals surface area contributed by atoms with Crippen molar-refractivity contribution in [3.63, 3.8) is 0 Å². The number of hydrogen-bond acceptors (Lipinski definition) is 6. The van der Waals surface area contributed by atoms with E-state index in [0.717, 1.165) is 52.0 Å². The van der Waals surface area contributed by atoms with E-state index in [-0.39, 0.29) is 30.6 Å². The molecule has 3 aliphatic heterocycles. The number of amides is 2. The Morgan fingerprint density at radius 2 is 1.73 bits per heavy atom. The molecule has 0 unspecified atom stereocenters. The zero-order valence-electron chi connectivity index (χ0n) is 15.4. The van der Waals surface area contributed by atoms with E-state index in [1.165, 1.54) is 0 Å². The van der Waals surface area contributed by atoms with Gasteiger partial charge in [-0.25, -0.2) is 0 Å². The van der Waals surface area contributed by atoms with Gasteiger partial charge in [-0.05, 0) is 45.2 Å². The molecule has 8 nitrogen and oxygen atoms in total. The Balaban J connectivity index is 1.44. The summed E-state index contributed by atoms with van der Waals surface area (Å²) in [6, 6.07) is 0.384. The molecule has 2 atom stereocenters. The number of carbonyl (C=O) groups excluding carboxylic acids is 2. The highest BCUT2D eigenvalue weighted by Crippen LogP contribution is 2.24. The number of likely N-dealkylation sites (tertiary alicyclic amines) is 1. The highest BCUT2D eigenvalue weighted by atomic mass is 16.5. The molecule has 0 spiro atoms. The maximum absolute atomic E-state index is 12.7. The number of nitrogens with two attached hydrogens (primary N) is 1. The Morgan fingerprint density at radius 3 is 2.42 bits per heavy atom. The summed E-state index contributed by atoms with van der Waals surface area (Å²) in [4.78, 5) is 26.1. The number of hydrogen-bond donors (Lipinski definition) is 2. The third kappa shape index (κ3) is 5.39. The Kier molecular flexibility index (Phi) is 7.24. The normalized spacial score (nSPS) is 29.4. The third-order valence-corrected chi connectivity index (χ3v) is 5.67. The van der Waals surface area contributed by atoms with Gasteiger partial charge in [-0.3, -0.25) is 9.59 Å². The topological polar surface area (TPSA) is 103 Å². The molecule has 2 amide bonds. The van der Waals surface area contributed by atoms with Crippen molar-refractivity contribution in [2.24, 2.45) is 11.7 Å². The Labute approximate surface area is 154 Å². The van der Waals surface area contributed by atoms with Crippen LogP contribution in [0.4, 0.5) is 0 Å². The van der Waals surface area contributed by atoms with Gasteiger partial charge < -0.3 is 30.2 Å². The predicted octanol–water partition coefficient (Wildman–Crippen LogP) is -0.347. The molecule has 0 aliphatic carbocycles. The number of rotatable bonds is 6. The number of primary amides is 1. The zero-order valence-corrected chi connectivity index (χ0v) is 15.4. The summed E-state index contributed by atoms with van der Waals surface area (Å²) in [5.41, 5.74) is 5.15. The van der Waals surface area contributed by atoms with Crippen molar-refractivity contribution < 1.29 is 23.8 Å². The fourth-order valence-corrected chi connectivity index (χ4v) is 4.12. The number of ether oxygens (including phenoxy) is 3. The molecule has 0 aromatic heterocycles. The lowest BCUT2D eigenvalue weighted by atomic mass is 9.93. The summed E-state index contributed by atoms with van der Waals surface area (Å²) in [6.45, 7) is 4.48. The lowest BCUT2D eigenvalue weighted by molar-refractivity contribution is -0.134. The van der Waals surface area contributed by atoms with Crippen molar-refractivity contribution in [1.29, 1.82) is 0 Å². The van der Waals surface area contributed by atoms with E-state index in [1.807, 2.05) is 0 Å². The zero-order chi connectivity index (χ0) is 18.4. The van der Waals surface area contributed by atoms with Crippen molar-refractivity contribution >= 4 is 11.8 Å². The molecule has 8 heteroatoms. The van der Waals surface area contributed by atoms with Crippen molar-refractivity contribution in [1.82, 2.24) is 10.2 Å². The smallest absolute Gasteiger partial charge is 0.243 e. The lowest BCUT2D eigenvalue weighted by Gasteiger charge is -2.39. The van der Waals surface area contributed by atoms with Crippen molar-refractivity contribution in [2.45, 2.75) is 50.3 Å². The summed E-state index contributed by atoms with van der Waals surface area (Å²) in [6.07, 6.45) is 4.38. The second-order valence-electron chi connectivity index (χ2n) is 7.45. The molecular weight excluding hydrogens is 338 g/mol. The van der Waals surface area contributed by atoms with Gasteiger partial charge in [-0.15, -0.1) is 0 Å². The van der Waals surface area contributed by atoms with Crippen LogP contribution in [0.15, 0.2) is 0 Å². The van der Waals surface area contributed by atoms with Crippen LogP contribution in [-0.2, 0) is 23.8 Å². The fraction of sp³-hybridized carbons (Fsp3) is 0.889. The molecule has 0 bridgehead atoms. The van der Waals surface area contributed by atoms with Gasteiger partial charge in [-0.2, -0.15) is 0 Å². The number of piperidine rings is 1. The maximum atomic E-state index is 12.7. The predicted molar refractivity (Wildman–Crippen MR) is 94.4 cm³/mol. The molecular formula is C18H31N3O5. The summed E-state index contributed by atoms with van der Waals surface area (Å²) < 4.78 is 16.5. The van der Waals surface area contributed by atoms with Gasteiger partial charge in [0.15, 0.2) is 0 Å². The molecule has 3 heterocycles. The summed E-state index contributed by atoms with van der Waals surface area (Å²) in [5.74, 6) is -0.397. The van der Waals surface area contributed by atoms with E-state index in [2.05, 4.69) is 10.2 Å². The van der Waals surface area contributed by atoms with E-state index in [9.17, 15) is 9.59 Å². The van der Waals surface area contributed by atoms with Gasteiger partial charge in [0.05, 0.1) is 18.8 Å². The molecule has 3 aliphatic rings. The number of carbonyl (C=O) groups is 2. The van der Waals surface area contributed by atoms with Crippen LogP contribution in [0.25, 0.3) is 0 Å². The van der Waals surface area contributed by atoms with Crippen molar-refractivity contribution in [3.8, 4) is 0 Å². The fourth-order valence-electron chi connectivity index (χ4n) is 4.12. The molecule has 0 radical (unpaired) electrons. The van der Waals surface area contributed by atoms with Crippen LogP contribution in [0, 0.1) is 5.92 Å². The molecule has 3 fully saturated rings. The molecule has 0 aromatic rings. The first-order chi connectivity index (χ1) is 12.6. The van der Waals surface area contributed by atoms with E-state index in [0.29, 0.717) is 25.7 Å². The first kappa shape index (κ1) is 19.5. The van der Waals surface area contributed by atoms with Crippen LogP contribution in [0.5, 0.6) is 0 Å². The quantitative estimate of drug-likeness (QED) is 0.664. The largest absolute Gasteiger partial charge is 0.381 e. The maximum Gasteiger partial charge on any atom is 0.243 e. The average Bonchev–Trinajstić information content (AvgIpc) is 2.68. The monoisotopic (exact) mass is 369 g/mol. The number of nitrogens with one attached hydrogen (secondary N) is 1. The summed E-state index contributed by atoms with van der Waals surface area (Å²) in [7, 11) is 0. The molecule has 3 rings (SSSR count). The second-order valence-corrected chi connectivity index (χ2v) is 7.45. The highest BCUT2D eigenvalue weighted by molar-refractivity contribution is 5.79. The van der Waals surface area contributed by atoms with Gasteiger partial charge in [0, 0.05) is 31.8 Å². The Bertz CT molecular complexity index is 475. The minimum absolute atomic E-state index is 0.0322. The van der Waals surface area contributed by atoms with Gasteiger partial charge in [0.2, 0.25) is 11.8 Å². The van der Waals surface area contributed by atoms with Crippen LogP contribution in [-0.4, -0.2) is 81.0 Å². The van der Waals surface area contributed by atoms with Crippen molar-refractivity contribution in [2.75, 3.05) is 46.1 Å². The number of nitrogens with zero attached hydrogens (tertiary/aromatic N) is 1. The van der Waals surface area contributed by atoms with Crippen LogP contribution >= 0.6 is 0 Å². The molecule has 3 N–H and O–H groups in total. The van der Waals surface area contributed by atoms with E-state index >= 15 is 0 Å². The van der Waals surface area contributed by atoms with E-state index in [4.69, 9.17) is 19.9 Å². The molecule has 0 saturated carbocycles. The van der Waals surface area contributed by atoms with Gasteiger partial charge in [0.1, 0.15) is 6.61 Å². The van der Waals surface area contributed by atoms with Gasteiger partial charge in [-0.1, -0.05) is 0 Å². The standard InChI is InChI=1S/C18H31N3O5/c19-17(22)12-26-16-5-10-25-11-15(16)20-18(23)13-1-6-21(7-2-13)14-3-8-24-9-4-14/h13-16H,1-12H2,(H2,19,22)(H,20,23)/t15-,16+/m1/s1. The summed E-state index contributed by atoms with van der Waals surface area (Å²) >= 11 is 0. The first-order valence-corrected chi connectivity index (χ1v) is 9.73. The second kappa shape index (κ2) is 9.64. The van der Waals surface area contributed by atoms with Crippen LogP contribution in [0.2, 0.25) is 0 Å². The first-order valence-electron chi connectivity index (χ1n) is 9.73. The molecule has 26 heavy (non-hydrogen) atoms. The van der Waals surface area contributed by atoms with Crippen LogP contribution in [0.1, 0.15) is 32.1 Å². The van der Waals surface area contributed by atoms with Gasteiger partial charge >= 0.3 is 0 Å². The Morgan fingerprint density at radius 1 is 1.04 bits per heavy atom. The minimum atomic E-state index is -0.498. The average molecular weight is 369 g/mol. The molecule has 148 valence electrons. The minimum Gasteiger partial charge on any atom is -0.381 e. The van der Waals surface area contributed by atoms with Gasteiger partial charge in [0.25, 0.3) is 0 Å². The summed E-state index contributed by atoms with van der Waals surface area (Å²) in [5, 5.41) is 3.08. The van der Waals surface area contributed by atoms with E-state index < -0.39 is 5.91 Å². The van der Waals surface area contributed by atoms with E-state index in [1.54, 1.807) is 0 Å². The van der Waals surface area contributed by atoms with Crippen LogP contribution in [0.3, 0.4) is 0 Å². The lowest BCUT2D eigenvalue weighted by Crippen LogP contribution is -2.54.